The number of hydrogen-bond donors (Lipinski definition) is 2. The topological polar surface area (TPSA) is 78.5 Å². The molecular weight excluding hydrogens is 461 g/mol. The highest BCUT2D eigenvalue weighted by Crippen LogP contribution is 2.34. The van der Waals surface area contributed by atoms with Crippen molar-refractivity contribution in [2.24, 2.45) is 0 Å². The number of benzene rings is 3. The SMILES string of the molecule is Cc1cccc(NC(=O)c2cccc(NC3=C(Cl)C(=O)N(c4ccccc4Cl)C3=O)c2)c1C. The van der Waals surface area contributed by atoms with E-state index in [1.807, 2.05) is 32.0 Å². The summed E-state index contributed by atoms with van der Waals surface area (Å²) in [6.45, 7) is 3.91. The Morgan fingerprint density at radius 1 is 0.879 bits per heavy atom. The molecule has 0 saturated carbocycles. The Morgan fingerprint density at radius 2 is 1.61 bits per heavy atom. The number of rotatable bonds is 5. The van der Waals surface area contributed by atoms with Gasteiger partial charge in [0.25, 0.3) is 17.7 Å². The van der Waals surface area contributed by atoms with Crippen LogP contribution in [0.1, 0.15) is 21.5 Å². The van der Waals surface area contributed by atoms with Crippen molar-refractivity contribution in [3.8, 4) is 0 Å². The van der Waals surface area contributed by atoms with Crippen LogP contribution in [0.4, 0.5) is 17.1 Å². The first kappa shape index (κ1) is 22.6. The summed E-state index contributed by atoms with van der Waals surface area (Å²) in [5, 5.41) is 5.77. The fourth-order valence-corrected chi connectivity index (χ4v) is 3.86. The molecule has 1 heterocycles. The lowest BCUT2D eigenvalue weighted by atomic mass is 10.1. The van der Waals surface area contributed by atoms with Crippen molar-refractivity contribution in [2.75, 3.05) is 15.5 Å². The summed E-state index contributed by atoms with van der Waals surface area (Å²) in [5.74, 6) is -1.62. The van der Waals surface area contributed by atoms with E-state index in [4.69, 9.17) is 23.2 Å². The van der Waals surface area contributed by atoms with Gasteiger partial charge in [-0.3, -0.25) is 14.4 Å². The highest BCUT2D eigenvalue weighted by atomic mass is 35.5. The first-order chi connectivity index (χ1) is 15.8. The van der Waals surface area contributed by atoms with E-state index in [-0.39, 0.29) is 27.3 Å². The second kappa shape index (κ2) is 9.10. The third-order valence-corrected chi connectivity index (χ3v) is 6.04. The van der Waals surface area contributed by atoms with E-state index < -0.39 is 11.8 Å². The minimum Gasteiger partial charge on any atom is -0.350 e. The zero-order valence-corrected chi connectivity index (χ0v) is 19.3. The smallest absolute Gasteiger partial charge is 0.283 e. The van der Waals surface area contributed by atoms with Gasteiger partial charge in [-0.25, -0.2) is 4.90 Å². The van der Waals surface area contributed by atoms with Gasteiger partial charge in [0.15, 0.2) is 0 Å². The van der Waals surface area contributed by atoms with Gasteiger partial charge in [-0.05, 0) is 61.4 Å². The van der Waals surface area contributed by atoms with Crippen LogP contribution < -0.4 is 15.5 Å². The average Bonchev–Trinajstić information content (AvgIpc) is 3.00. The van der Waals surface area contributed by atoms with Crippen molar-refractivity contribution in [3.63, 3.8) is 0 Å². The van der Waals surface area contributed by atoms with Crippen LogP contribution in [0, 0.1) is 13.8 Å². The maximum atomic E-state index is 13.0. The first-order valence-electron chi connectivity index (χ1n) is 10.1. The third-order valence-electron chi connectivity index (χ3n) is 5.37. The van der Waals surface area contributed by atoms with Gasteiger partial charge in [0, 0.05) is 16.9 Å². The molecule has 0 bridgehead atoms. The van der Waals surface area contributed by atoms with E-state index in [9.17, 15) is 14.4 Å². The number of carbonyl (C=O) groups excluding carboxylic acids is 3. The molecule has 33 heavy (non-hydrogen) atoms. The van der Waals surface area contributed by atoms with Crippen LogP contribution >= 0.6 is 23.2 Å². The van der Waals surface area contributed by atoms with Crippen molar-refractivity contribution in [1.82, 2.24) is 0 Å². The molecular formula is C25H19Cl2N3O3. The molecule has 0 spiro atoms. The Hall–Kier alpha value is -3.61. The molecule has 3 aromatic carbocycles. The molecule has 0 fully saturated rings. The number of halogens is 2. The van der Waals surface area contributed by atoms with Crippen LogP contribution in [0.25, 0.3) is 0 Å². The second-order valence-corrected chi connectivity index (χ2v) is 8.28. The van der Waals surface area contributed by atoms with Gasteiger partial charge in [0.2, 0.25) is 0 Å². The maximum absolute atomic E-state index is 13.0. The molecule has 6 nitrogen and oxygen atoms in total. The van der Waals surface area contributed by atoms with Crippen LogP contribution in [0.5, 0.6) is 0 Å². The Bertz CT molecular complexity index is 1330. The quantitative estimate of drug-likeness (QED) is 0.463. The van der Waals surface area contributed by atoms with Gasteiger partial charge in [-0.1, -0.05) is 53.5 Å². The first-order valence-corrected chi connectivity index (χ1v) is 10.8. The molecule has 3 amide bonds. The van der Waals surface area contributed by atoms with Gasteiger partial charge < -0.3 is 10.6 Å². The third kappa shape index (κ3) is 4.35. The highest BCUT2D eigenvalue weighted by molar-refractivity contribution is 6.53. The van der Waals surface area contributed by atoms with E-state index >= 15 is 0 Å². The normalized spacial score (nSPS) is 13.5. The molecule has 0 aliphatic carbocycles. The molecule has 0 radical (unpaired) electrons. The second-order valence-electron chi connectivity index (χ2n) is 7.49. The summed E-state index contributed by atoms with van der Waals surface area (Å²) in [5.41, 5.74) is 3.72. The van der Waals surface area contributed by atoms with E-state index in [0.29, 0.717) is 11.3 Å². The standard InChI is InChI=1S/C25H19Cl2N3O3/c1-14-7-5-11-19(15(14)2)29-23(31)16-8-6-9-17(13-16)28-22-21(27)24(32)30(25(22)33)20-12-4-3-10-18(20)26/h3-13,28H,1-2H3,(H,29,31). The van der Waals surface area contributed by atoms with Crippen LogP contribution in [0.15, 0.2) is 77.5 Å². The molecule has 2 N–H and O–H groups in total. The minimum absolute atomic E-state index is 0.0892. The summed E-state index contributed by atoms with van der Waals surface area (Å²) in [6, 6.07) is 18.7. The summed E-state index contributed by atoms with van der Waals surface area (Å²) in [7, 11) is 0. The van der Waals surface area contributed by atoms with Crippen molar-refractivity contribution < 1.29 is 14.4 Å². The Labute approximate surface area is 200 Å². The number of anilines is 3. The van der Waals surface area contributed by atoms with Crippen LogP contribution in [-0.4, -0.2) is 17.7 Å². The molecule has 3 aromatic rings. The fraction of sp³-hybridized carbons (Fsp3) is 0.0800. The average molecular weight is 480 g/mol. The highest BCUT2D eigenvalue weighted by Gasteiger charge is 2.39. The fourth-order valence-electron chi connectivity index (χ4n) is 3.43. The number of aryl methyl sites for hydroxylation is 1. The van der Waals surface area contributed by atoms with E-state index in [0.717, 1.165) is 21.7 Å². The number of nitrogens with zero attached hydrogens (tertiary/aromatic N) is 1. The summed E-state index contributed by atoms with van der Waals surface area (Å²) in [4.78, 5) is 39.4. The van der Waals surface area contributed by atoms with Gasteiger partial charge in [0.1, 0.15) is 10.7 Å². The Kier molecular flexibility index (Phi) is 6.22. The summed E-state index contributed by atoms with van der Waals surface area (Å²) >= 11 is 12.4. The van der Waals surface area contributed by atoms with Gasteiger partial charge in [-0.15, -0.1) is 0 Å². The van der Waals surface area contributed by atoms with Gasteiger partial charge >= 0.3 is 0 Å². The molecule has 0 unspecified atom stereocenters. The van der Waals surface area contributed by atoms with Crippen LogP contribution in [-0.2, 0) is 9.59 Å². The number of hydrogen-bond acceptors (Lipinski definition) is 4. The lowest BCUT2D eigenvalue weighted by molar-refractivity contribution is -0.120. The number of para-hydroxylation sites is 1. The van der Waals surface area contributed by atoms with Gasteiger partial charge in [0.05, 0.1) is 10.7 Å². The number of amides is 3. The van der Waals surface area contributed by atoms with Crippen molar-refractivity contribution >= 4 is 58.0 Å². The molecule has 166 valence electrons. The monoisotopic (exact) mass is 479 g/mol. The van der Waals surface area contributed by atoms with E-state index in [1.54, 1.807) is 48.5 Å². The molecule has 1 aliphatic heterocycles. The van der Waals surface area contributed by atoms with Crippen LogP contribution in [0.3, 0.4) is 0 Å². The summed E-state index contributed by atoms with van der Waals surface area (Å²) in [6.07, 6.45) is 0. The Morgan fingerprint density at radius 3 is 2.36 bits per heavy atom. The summed E-state index contributed by atoms with van der Waals surface area (Å²) < 4.78 is 0. The molecule has 8 heteroatoms. The molecule has 4 rings (SSSR count). The van der Waals surface area contributed by atoms with Crippen LogP contribution in [0.2, 0.25) is 5.02 Å². The van der Waals surface area contributed by atoms with Crippen molar-refractivity contribution in [3.05, 3.63) is 99.2 Å². The molecule has 0 saturated heterocycles. The number of imide groups is 1. The van der Waals surface area contributed by atoms with E-state index in [2.05, 4.69) is 10.6 Å². The van der Waals surface area contributed by atoms with Gasteiger partial charge in [-0.2, -0.15) is 0 Å². The zero-order valence-electron chi connectivity index (χ0n) is 17.8. The predicted molar refractivity (Wildman–Crippen MR) is 131 cm³/mol. The number of carbonyl (C=O) groups is 3. The zero-order chi connectivity index (χ0) is 23.7. The largest absolute Gasteiger partial charge is 0.350 e. The van der Waals surface area contributed by atoms with E-state index in [1.165, 1.54) is 0 Å². The molecule has 0 atom stereocenters. The Balaban J connectivity index is 1.56. The maximum Gasteiger partial charge on any atom is 0.283 e. The molecule has 1 aliphatic rings. The van der Waals surface area contributed by atoms with Crippen molar-refractivity contribution in [2.45, 2.75) is 13.8 Å². The molecule has 0 aromatic heterocycles. The lowest BCUT2D eigenvalue weighted by Gasteiger charge is -2.16. The van der Waals surface area contributed by atoms with Crippen molar-refractivity contribution in [1.29, 1.82) is 0 Å². The lowest BCUT2D eigenvalue weighted by Crippen LogP contribution is -2.32. The number of nitrogens with one attached hydrogen (secondary N) is 2. The minimum atomic E-state index is -0.680. The predicted octanol–water partition coefficient (Wildman–Crippen LogP) is 5.64.